The predicted octanol–water partition coefficient (Wildman–Crippen LogP) is 3.48. The summed E-state index contributed by atoms with van der Waals surface area (Å²) < 4.78 is 5.28. The highest BCUT2D eigenvalue weighted by molar-refractivity contribution is 5.37. The lowest BCUT2D eigenvalue weighted by molar-refractivity contribution is 0.0425. The molecule has 0 aliphatic heterocycles. The van der Waals surface area contributed by atoms with Gasteiger partial charge in [0, 0.05) is 5.56 Å². The first-order valence-corrected chi connectivity index (χ1v) is 5.97. The number of unbranched alkanes of at least 4 members (excludes halogenated alkanes) is 2. The van der Waals surface area contributed by atoms with Crippen LogP contribution in [0.25, 0.3) is 0 Å². The van der Waals surface area contributed by atoms with Crippen LogP contribution in [0.15, 0.2) is 24.3 Å². The van der Waals surface area contributed by atoms with E-state index < -0.39 is 5.60 Å². The van der Waals surface area contributed by atoms with Gasteiger partial charge < -0.3 is 9.84 Å². The summed E-state index contributed by atoms with van der Waals surface area (Å²) in [5.41, 5.74) is 0.0931. The van der Waals surface area contributed by atoms with Gasteiger partial charge in [-0.3, -0.25) is 0 Å². The molecule has 1 N–H and O–H groups in total. The number of aliphatic hydroxyl groups is 1. The summed E-state index contributed by atoms with van der Waals surface area (Å²) in [6.07, 6.45) is 4.15. The van der Waals surface area contributed by atoms with Gasteiger partial charge in [0.05, 0.1) is 12.7 Å². The molecule has 2 heteroatoms. The summed E-state index contributed by atoms with van der Waals surface area (Å²) in [4.78, 5) is 0. The minimum atomic E-state index is -0.790. The Morgan fingerprint density at radius 3 is 2.56 bits per heavy atom. The molecule has 0 saturated carbocycles. The van der Waals surface area contributed by atoms with E-state index in [0.29, 0.717) is 0 Å². The summed E-state index contributed by atoms with van der Waals surface area (Å²) in [6.45, 7) is 4.03. The Morgan fingerprint density at radius 2 is 1.94 bits per heavy atom. The zero-order valence-corrected chi connectivity index (χ0v) is 10.5. The van der Waals surface area contributed by atoms with E-state index in [0.717, 1.165) is 30.6 Å². The molecule has 0 aliphatic carbocycles. The van der Waals surface area contributed by atoms with Crippen LogP contribution in [0, 0.1) is 0 Å². The molecule has 0 aromatic heterocycles. The number of hydrogen-bond donors (Lipinski definition) is 1. The molecule has 1 atom stereocenters. The van der Waals surface area contributed by atoms with Crippen LogP contribution >= 0.6 is 0 Å². The van der Waals surface area contributed by atoms with Gasteiger partial charge in [-0.25, -0.2) is 0 Å². The first-order chi connectivity index (χ1) is 7.61. The normalized spacial score (nSPS) is 14.5. The number of ether oxygens (including phenoxy) is 1. The van der Waals surface area contributed by atoms with E-state index in [9.17, 15) is 5.11 Å². The largest absolute Gasteiger partial charge is 0.496 e. The highest BCUT2D eigenvalue weighted by atomic mass is 16.5. The van der Waals surface area contributed by atoms with Crippen LogP contribution in [0.4, 0.5) is 0 Å². The van der Waals surface area contributed by atoms with Gasteiger partial charge in [0.1, 0.15) is 5.75 Å². The van der Waals surface area contributed by atoms with Crippen molar-refractivity contribution < 1.29 is 9.84 Å². The minimum Gasteiger partial charge on any atom is -0.496 e. The van der Waals surface area contributed by atoms with E-state index in [4.69, 9.17) is 4.74 Å². The molecule has 0 spiro atoms. The van der Waals surface area contributed by atoms with Crippen molar-refractivity contribution in [3.8, 4) is 5.75 Å². The lowest BCUT2D eigenvalue weighted by Gasteiger charge is -2.25. The fourth-order valence-electron chi connectivity index (χ4n) is 1.94. The molecule has 1 unspecified atom stereocenters. The van der Waals surface area contributed by atoms with E-state index in [1.54, 1.807) is 7.11 Å². The van der Waals surface area contributed by atoms with Crippen molar-refractivity contribution in [2.75, 3.05) is 7.11 Å². The van der Waals surface area contributed by atoms with Gasteiger partial charge in [-0.05, 0) is 19.4 Å². The Labute approximate surface area is 98.3 Å². The minimum absolute atomic E-state index is 0.768. The molecule has 0 bridgehead atoms. The second-order valence-electron chi connectivity index (χ2n) is 4.43. The van der Waals surface area contributed by atoms with Crippen molar-refractivity contribution in [2.45, 2.75) is 45.1 Å². The van der Waals surface area contributed by atoms with Gasteiger partial charge in [-0.15, -0.1) is 0 Å². The summed E-state index contributed by atoms with van der Waals surface area (Å²) in [6, 6.07) is 7.69. The topological polar surface area (TPSA) is 29.5 Å². The SMILES string of the molecule is CCCCCC(C)(O)c1ccccc1OC. The van der Waals surface area contributed by atoms with Gasteiger partial charge in [0.25, 0.3) is 0 Å². The average molecular weight is 222 g/mol. The van der Waals surface area contributed by atoms with Crippen LogP contribution in [0.1, 0.15) is 45.1 Å². The highest BCUT2D eigenvalue weighted by Crippen LogP contribution is 2.33. The quantitative estimate of drug-likeness (QED) is 0.747. The number of rotatable bonds is 6. The molecule has 0 aliphatic rings. The molecule has 0 radical (unpaired) electrons. The molecule has 1 rings (SSSR count). The fourth-order valence-corrected chi connectivity index (χ4v) is 1.94. The van der Waals surface area contributed by atoms with Crippen molar-refractivity contribution >= 4 is 0 Å². The number of para-hydroxylation sites is 1. The Hall–Kier alpha value is -1.02. The standard InChI is InChI=1S/C14H22O2/c1-4-5-8-11-14(2,15)12-9-6-7-10-13(12)16-3/h6-7,9-10,15H,4-5,8,11H2,1-3H3. The molecule has 0 amide bonds. The summed E-state index contributed by atoms with van der Waals surface area (Å²) in [5, 5.41) is 10.4. The highest BCUT2D eigenvalue weighted by Gasteiger charge is 2.25. The van der Waals surface area contributed by atoms with E-state index in [1.165, 1.54) is 6.42 Å². The van der Waals surface area contributed by atoms with Crippen LogP contribution in [0.3, 0.4) is 0 Å². The molecule has 0 heterocycles. The maximum Gasteiger partial charge on any atom is 0.124 e. The van der Waals surface area contributed by atoms with Crippen LogP contribution in [-0.4, -0.2) is 12.2 Å². The van der Waals surface area contributed by atoms with E-state index >= 15 is 0 Å². The van der Waals surface area contributed by atoms with Gasteiger partial charge in [-0.1, -0.05) is 44.4 Å². The van der Waals surface area contributed by atoms with E-state index in [1.807, 2.05) is 31.2 Å². The van der Waals surface area contributed by atoms with Gasteiger partial charge >= 0.3 is 0 Å². The molecule has 1 aromatic carbocycles. The molecular formula is C14H22O2. The monoisotopic (exact) mass is 222 g/mol. The van der Waals surface area contributed by atoms with Crippen LogP contribution in [0.5, 0.6) is 5.75 Å². The third-order valence-electron chi connectivity index (χ3n) is 2.95. The van der Waals surface area contributed by atoms with Gasteiger partial charge in [0.2, 0.25) is 0 Å². The first kappa shape index (κ1) is 13.0. The van der Waals surface area contributed by atoms with Gasteiger partial charge in [-0.2, -0.15) is 0 Å². The Balaban J connectivity index is 2.79. The number of benzene rings is 1. The third-order valence-corrected chi connectivity index (χ3v) is 2.95. The molecule has 0 saturated heterocycles. The van der Waals surface area contributed by atoms with E-state index in [-0.39, 0.29) is 0 Å². The predicted molar refractivity (Wildman–Crippen MR) is 66.7 cm³/mol. The summed E-state index contributed by atoms with van der Waals surface area (Å²) >= 11 is 0. The van der Waals surface area contributed by atoms with Gasteiger partial charge in [0.15, 0.2) is 0 Å². The molecule has 16 heavy (non-hydrogen) atoms. The third kappa shape index (κ3) is 3.24. The number of hydrogen-bond acceptors (Lipinski definition) is 2. The number of methoxy groups -OCH3 is 1. The van der Waals surface area contributed by atoms with Crippen LogP contribution in [-0.2, 0) is 5.60 Å². The Morgan fingerprint density at radius 1 is 1.25 bits per heavy atom. The van der Waals surface area contributed by atoms with Crippen molar-refractivity contribution in [3.05, 3.63) is 29.8 Å². The lowest BCUT2D eigenvalue weighted by Crippen LogP contribution is -2.21. The zero-order chi connectivity index (χ0) is 12.0. The maximum absolute atomic E-state index is 10.4. The molecule has 2 nitrogen and oxygen atoms in total. The second kappa shape index (κ2) is 5.90. The van der Waals surface area contributed by atoms with Crippen LogP contribution in [0.2, 0.25) is 0 Å². The Kier molecular flexibility index (Phi) is 4.81. The van der Waals surface area contributed by atoms with Crippen molar-refractivity contribution in [2.24, 2.45) is 0 Å². The van der Waals surface area contributed by atoms with E-state index in [2.05, 4.69) is 6.92 Å². The fraction of sp³-hybridized carbons (Fsp3) is 0.571. The molecule has 0 fully saturated rings. The molecule has 90 valence electrons. The maximum atomic E-state index is 10.4. The van der Waals surface area contributed by atoms with Crippen LogP contribution < -0.4 is 4.74 Å². The lowest BCUT2D eigenvalue weighted by atomic mass is 9.89. The van der Waals surface area contributed by atoms with Crippen molar-refractivity contribution in [1.29, 1.82) is 0 Å². The summed E-state index contributed by atoms with van der Waals surface area (Å²) in [5.74, 6) is 0.768. The zero-order valence-electron chi connectivity index (χ0n) is 10.5. The second-order valence-corrected chi connectivity index (χ2v) is 4.43. The molecular weight excluding hydrogens is 200 g/mol. The smallest absolute Gasteiger partial charge is 0.124 e. The first-order valence-electron chi connectivity index (χ1n) is 5.97. The van der Waals surface area contributed by atoms with Crippen molar-refractivity contribution in [1.82, 2.24) is 0 Å². The average Bonchev–Trinajstić information content (AvgIpc) is 2.29. The Bertz CT molecular complexity index is 318. The molecule has 1 aromatic rings. The summed E-state index contributed by atoms with van der Waals surface area (Å²) in [7, 11) is 1.64. The van der Waals surface area contributed by atoms with Crippen molar-refractivity contribution in [3.63, 3.8) is 0 Å².